The average molecular weight is 215 g/mol. The highest BCUT2D eigenvalue weighted by Crippen LogP contribution is 2.01. The first kappa shape index (κ1) is 11.1. The second kappa shape index (κ2) is 5.66. The molecule has 1 aromatic heterocycles. The SMILES string of the molecule is CCC(CCO)NC(=O)c1csnn1. The van der Waals surface area contributed by atoms with E-state index in [0.717, 1.165) is 18.0 Å². The fourth-order valence-electron chi connectivity index (χ4n) is 1.06. The maximum Gasteiger partial charge on any atom is 0.272 e. The maximum atomic E-state index is 11.5. The van der Waals surface area contributed by atoms with Gasteiger partial charge in [0.05, 0.1) is 0 Å². The Hall–Kier alpha value is -1.01. The van der Waals surface area contributed by atoms with Gasteiger partial charge in [0.1, 0.15) is 0 Å². The summed E-state index contributed by atoms with van der Waals surface area (Å²) in [7, 11) is 0. The van der Waals surface area contributed by atoms with Crippen molar-refractivity contribution in [3.05, 3.63) is 11.1 Å². The third-order valence-electron chi connectivity index (χ3n) is 1.90. The number of carbonyl (C=O) groups excluding carboxylic acids is 1. The monoisotopic (exact) mass is 215 g/mol. The summed E-state index contributed by atoms with van der Waals surface area (Å²) < 4.78 is 3.60. The molecule has 0 saturated carbocycles. The summed E-state index contributed by atoms with van der Waals surface area (Å²) in [6, 6.07) is 0.00852. The van der Waals surface area contributed by atoms with Crippen LogP contribution < -0.4 is 5.32 Å². The highest BCUT2D eigenvalue weighted by atomic mass is 32.1. The quantitative estimate of drug-likeness (QED) is 0.747. The Labute approximate surface area is 86.3 Å². The van der Waals surface area contributed by atoms with E-state index < -0.39 is 0 Å². The number of aliphatic hydroxyl groups excluding tert-OH is 1. The van der Waals surface area contributed by atoms with Gasteiger partial charge in [0.15, 0.2) is 5.69 Å². The third-order valence-corrected chi connectivity index (χ3v) is 2.40. The molecule has 0 radical (unpaired) electrons. The summed E-state index contributed by atoms with van der Waals surface area (Å²) >= 11 is 1.14. The molecular formula is C8H13N3O2S. The zero-order chi connectivity index (χ0) is 10.4. The Morgan fingerprint density at radius 2 is 2.57 bits per heavy atom. The number of aliphatic hydroxyl groups is 1. The van der Waals surface area contributed by atoms with Crippen molar-refractivity contribution in [1.29, 1.82) is 0 Å². The van der Waals surface area contributed by atoms with E-state index >= 15 is 0 Å². The van der Waals surface area contributed by atoms with E-state index in [1.165, 1.54) is 0 Å². The second-order valence-corrected chi connectivity index (χ2v) is 3.49. The summed E-state index contributed by atoms with van der Waals surface area (Å²) in [5.74, 6) is -0.223. The number of nitrogens with one attached hydrogen (secondary N) is 1. The van der Waals surface area contributed by atoms with Crippen LogP contribution in [0, 0.1) is 0 Å². The van der Waals surface area contributed by atoms with Crippen LogP contribution in [0.5, 0.6) is 0 Å². The first-order valence-electron chi connectivity index (χ1n) is 4.46. The standard InChI is InChI=1S/C8H13N3O2S/c1-2-6(3-4-12)9-8(13)7-5-14-11-10-7/h5-6,12H,2-4H2,1H3,(H,9,13). The number of nitrogens with zero attached hydrogens (tertiary/aromatic N) is 2. The molecule has 1 atom stereocenters. The van der Waals surface area contributed by atoms with E-state index in [9.17, 15) is 4.79 Å². The summed E-state index contributed by atoms with van der Waals surface area (Å²) in [5.41, 5.74) is 0.339. The summed E-state index contributed by atoms with van der Waals surface area (Å²) in [6.07, 6.45) is 1.36. The zero-order valence-electron chi connectivity index (χ0n) is 7.93. The first-order valence-corrected chi connectivity index (χ1v) is 5.30. The lowest BCUT2D eigenvalue weighted by Crippen LogP contribution is -2.35. The number of hydrogen-bond donors (Lipinski definition) is 2. The van der Waals surface area contributed by atoms with E-state index in [2.05, 4.69) is 14.9 Å². The van der Waals surface area contributed by atoms with Crippen LogP contribution in [0.3, 0.4) is 0 Å². The van der Waals surface area contributed by atoms with Gasteiger partial charge in [0.2, 0.25) is 0 Å². The van der Waals surface area contributed by atoms with Gasteiger partial charge in [0.25, 0.3) is 5.91 Å². The van der Waals surface area contributed by atoms with E-state index in [1.54, 1.807) is 5.38 Å². The normalized spacial score (nSPS) is 12.4. The number of hydrogen-bond acceptors (Lipinski definition) is 5. The van der Waals surface area contributed by atoms with Crippen LogP contribution in [0.1, 0.15) is 30.3 Å². The topological polar surface area (TPSA) is 75.1 Å². The van der Waals surface area contributed by atoms with Crippen molar-refractivity contribution in [2.75, 3.05) is 6.61 Å². The Bertz CT molecular complexity index is 276. The molecule has 0 saturated heterocycles. The molecule has 1 aromatic rings. The number of rotatable bonds is 5. The van der Waals surface area contributed by atoms with Crippen molar-refractivity contribution in [2.24, 2.45) is 0 Å². The molecule has 14 heavy (non-hydrogen) atoms. The lowest BCUT2D eigenvalue weighted by atomic mass is 10.1. The van der Waals surface area contributed by atoms with Crippen LogP contribution in [0.15, 0.2) is 5.38 Å². The van der Waals surface area contributed by atoms with Crippen LogP contribution in [-0.2, 0) is 0 Å². The zero-order valence-corrected chi connectivity index (χ0v) is 8.75. The van der Waals surface area contributed by atoms with E-state index in [4.69, 9.17) is 5.11 Å². The Morgan fingerprint density at radius 3 is 3.07 bits per heavy atom. The molecule has 0 fully saturated rings. The fourth-order valence-corrected chi connectivity index (χ4v) is 1.49. The van der Waals surface area contributed by atoms with Gasteiger partial charge >= 0.3 is 0 Å². The van der Waals surface area contributed by atoms with Gasteiger partial charge in [-0.1, -0.05) is 11.4 Å². The lowest BCUT2D eigenvalue weighted by Gasteiger charge is -2.14. The Kier molecular flexibility index (Phi) is 4.48. The summed E-state index contributed by atoms with van der Waals surface area (Å²) in [5, 5.41) is 16.8. The van der Waals surface area contributed by atoms with Crippen LogP contribution in [0.2, 0.25) is 0 Å². The van der Waals surface area contributed by atoms with Crippen molar-refractivity contribution < 1.29 is 9.90 Å². The molecule has 78 valence electrons. The van der Waals surface area contributed by atoms with Crippen molar-refractivity contribution in [3.63, 3.8) is 0 Å². The van der Waals surface area contributed by atoms with Gasteiger partial charge in [-0.15, -0.1) is 5.10 Å². The van der Waals surface area contributed by atoms with E-state index in [-0.39, 0.29) is 18.6 Å². The summed E-state index contributed by atoms with van der Waals surface area (Å²) in [4.78, 5) is 11.5. The molecule has 0 spiro atoms. The molecular weight excluding hydrogens is 202 g/mol. The minimum Gasteiger partial charge on any atom is -0.396 e. The number of carbonyl (C=O) groups is 1. The maximum absolute atomic E-state index is 11.5. The Morgan fingerprint density at radius 1 is 1.79 bits per heavy atom. The molecule has 1 heterocycles. The third kappa shape index (κ3) is 3.04. The van der Waals surface area contributed by atoms with Gasteiger partial charge in [0, 0.05) is 18.0 Å². The summed E-state index contributed by atoms with van der Waals surface area (Å²) in [6.45, 7) is 2.04. The Balaban J connectivity index is 2.47. The predicted octanol–water partition coefficient (Wildman–Crippen LogP) is 0.429. The second-order valence-electron chi connectivity index (χ2n) is 2.88. The molecule has 0 aromatic carbocycles. The van der Waals surface area contributed by atoms with Crippen LogP contribution >= 0.6 is 11.5 Å². The smallest absolute Gasteiger partial charge is 0.272 e. The van der Waals surface area contributed by atoms with Crippen molar-refractivity contribution in [2.45, 2.75) is 25.8 Å². The van der Waals surface area contributed by atoms with E-state index in [1.807, 2.05) is 6.92 Å². The highest BCUT2D eigenvalue weighted by Gasteiger charge is 2.13. The van der Waals surface area contributed by atoms with Crippen LogP contribution in [0.25, 0.3) is 0 Å². The molecule has 1 amide bonds. The molecule has 0 aliphatic rings. The first-order chi connectivity index (χ1) is 6.77. The minimum absolute atomic E-state index is 0.00852. The largest absolute Gasteiger partial charge is 0.396 e. The molecule has 1 rings (SSSR count). The molecule has 5 nitrogen and oxygen atoms in total. The average Bonchev–Trinajstić information content (AvgIpc) is 2.69. The highest BCUT2D eigenvalue weighted by molar-refractivity contribution is 7.03. The van der Waals surface area contributed by atoms with Gasteiger partial charge < -0.3 is 10.4 Å². The molecule has 0 aliphatic heterocycles. The molecule has 0 bridgehead atoms. The minimum atomic E-state index is -0.223. The predicted molar refractivity (Wildman–Crippen MR) is 53.2 cm³/mol. The van der Waals surface area contributed by atoms with Crippen molar-refractivity contribution in [3.8, 4) is 0 Å². The molecule has 2 N–H and O–H groups in total. The van der Waals surface area contributed by atoms with Crippen LogP contribution in [-0.4, -0.2) is 33.2 Å². The lowest BCUT2D eigenvalue weighted by molar-refractivity contribution is 0.0924. The van der Waals surface area contributed by atoms with E-state index in [0.29, 0.717) is 12.1 Å². The van der Waals surface area contributed by atoms with Crippen molar-refractivity contribution >= 4 is 17.4 Å². The molecule has 0 aliphatic carbocycles. The van der Waals surface area contributed by atoms with Crippen LogP contribution in [0.4, 0.5) is 0 Å². The van der Waals surface area contributed by atoms with Gasteiger partial charge in [-0.25, -0.2) is 0 Å². The number of aromatic nitrogens is 2. The van der Waals surface area contributed by atoms with Gasteiger partial charge in [-0.2, -0.15) is 0 Å². The van der Waals surface area contributed by atoms with Gasteiger partial charge in [-0.3, -0.25) is 4.79 Å². The molecule has 6 heteroatoms. The van der Waals surface area contributed by atoms with Gasteiger partial charge in [-0.05, 0) is 24.4 Å². The number of amides is 1. The molecule has 1 unspecified atom stereocenters. The fraction of sp³-hybridized carbons (Fsp3) is 0.625. The van der Waals surface area contributed by atoms with Crippen molar-refractivity contribution in [1.82, 2.24) is 14.9 Å².